The van der Waals surface area contributed by atoms with Crippen LogP contribution in [0.4, 0.5) is 0 Å². The van der Waals surface area contributed by atoms with Gasteiger partial charge in [-0.2, -0.15) is 0 Å². The number of rotatable bonds is 3. The number of nitrogens with zero attached hydrogens (tertiary/aromatic N) is 1. The second kappa shape index (κ2) is 6.66. The number of ether oxygens (including phenoxy) is 1. The number of hydrogen-bond acceptors (Lipinski definition) is 3. The largest absolute Gasteiger partial charge is 0.442 e. The van der Waals surface area contributed by atoms with Crippen molar-refractivity contribution in [2.24, 2.45) is 0 Å². The molecule has 0 saturated carbocycles. The summed E-state index contributed by atoms with van der Waals surface area (Å²) in [6.45, 7) is 0.298. The molecular weight excluding hydrogens is 205 g/mol. The monoisotopic (exact) mass is 211 g/mol. The molecule has 0 aromatic carbocycles. The number of halogens is 1. The number of pyridine rings is 1. The van der Waals surface area contributed by atoms with E-state index in [1.54, 1.807) is 24.4 Å². The number of hydrogen-bond donors (Lipinski definition) is 0. The van der Waals surface area contributed by atoms with Gasteiger partial charge in [-0.15, -0.1) is 0 Å². The Balaban J connectivity index is 0.00000121. The summed E-state index contributed by atoms with van der Waals surface area (Å²) in [4.78, 5) is 13.7. The van der Waals surface area contributed by atoms with Crippen LogP contribution >= 0.6 is 11.6 Å². The van der Waals surface area contributed by atoms with Crippen molar-refractivity contribution in [1.82, 2.24) is 4.98 Å². The molecule has 0 N–H and O–H groups in total. The van der Waals surface area contributed by atoms with Crippen LogP contribution in [0.15, 0.2) is 24.4 Å². The van der Waals surface area contributed by atoms with Crippen molar-refractivity contribution in [3.05, 3.63) is 30.1 Å². The van der Waals surface area contributed by atoms with Gasteiger partial charge in [0.1, 0.15) is 0 Å². The number of carbonyl (C=O) groups excluding carboxylic acids is 1. The molecule has 12 heavy (non-hydrogen) atoms. The molecule has 1 unspecified atom stereocenters. The van der Waals surface area contributed by atoms with Crippen molar-refractivity contribution in [3.8, 4) is 0 Å². The van der Waals surface area contributed by atoms with Crippen LogP contribution < -0.4 is 0 Å². The molecule has 0 saturated heterocycles. The van der Waals surface area contributed by atoms with Gasteiger partial charge in [-0.3, -0.25) is 9.78 Å². The van der Waals surface area contributed by atoms with Gasteiger partial charge in [0, 0.05) is 43.9 Å². The standard InChI is InChI=1S/C7H6ClNO2.Ar/c8-7(11-5-10)6-3-1-2-4-9-6;/h1-5,7H;. The van der Waals surface area contributed by atoms with Gasteiger partial charge in [-0.1, -0.05) is 17.7 Å². The zero-order valence-electron chi connectivity index (χ0n) is 5.96. The van der Waals surface area contributed by atoms with E-state index >= 15 is 0 Å². The fourth-order valence-electron chi connectivity index (χ4n) is 0.629. The smallest absolute Gasteiger partial charge is 0.294 e. The molecule has 0 aliphatic carbocycles. The van der Waals surface area contributed by atoms with Crippen LogP contribution in [0.3, 0.4) is 0 Å². The second-order valence-corrected chi connectivity index (χ2v) is 2.20. The molecule has 1 aromatic rings. The van der Waals surface area contributed by atoms with E-state index in [4.69, 9.17) is 11.6 Å². The third-order valence-corrected chi connectivity index (χ3v) is 1.42. The van der Waals surface area contributed by atoms with E-state index in [0.29, 0.717) is 12.2 Å². The molecule has 0 radical (unpaired) electrons. The van der Waals surface area contributed by atoms with Gasteiger partial charge in [0.05, 0.1) is 5.69 Å². The van der Waals surface area contributed by atoms with E-state index < -0.39 is 5.56 Å². The summed E-state index contributed by atoms with van der Waals surface area (Å²) in [6, 6.07) is 5.21. The van der Waals surface area contributed by atoms with Crippen LogP contribution in [0.5, 0.6) is 0 Å². The van der Waals surface area contributed by atoms with Crippen molar-refractivity contribution in [2.45, 2.75) is 5.56 Å². The van der Waals surface area contributed by atoms with Crippen LogP contribution in [0, 0.1) is 37.7 Å². The maximum atomic E-state index is 9.85. The van der Waals surface area contributed by atoms with Crippen LogP contribution in [0.2, 0.25) is 0 Å². The first-order valence-corrected chi connectivity index (χ1v) is 3.42. The average molecular weight is 212 g/mol. The molecule has 0 amide bonds. The topological polar surface area (TPSA) is 39.2 Å². The Morgan fingerprint density at radius 2 is 2.33 bits per heavy atom. The summed E-state index contributed by atoms with van der Waals surface area (Å²) >= 11 is 5.59. The van der Waals surface area contributed by atoms with Crippen LogP contribution in [0.1, 0.15) is 11.3 Å². The summed E-state index contributed by atoms with van der Waals surface area (Å²) in [6.07, 6.45) is 1.58. The van der Waals surface area contributed by atoms with E-state index in [-0.39, 0.29) is 37.7 Å². The van der Waals surface area contributed by atoms with Crippen molar-refractivity contribution < 1.29 is 47.3 Å². The summed E-state index contributed by atoms with van der Waals surface area (Å²) in [5.41, 5.74) is -0.255. The molecule has 1 aromatic heterocycles. The van der Waals surface area contributed by atoms with Gasteiger partial charge < -0.3 is 4.74 Å². The SMILES string of the molecule is O=COC(Cl)c1ccccn1.[Ar]. The molecule has 3 nitrogen and oxygen atoms in total. The van der Waals surface area contributed by atoms with Crippen LogP contribution in [-0.2, 0) is 9.53 Å². The Hall–Kier alpha value is 0.170. The third-order valence-electron chi connectivity index (χ3n) is 1.10. The van der Waals surface area contributed by atoms with Crippen molar-refractivity contribution in [1.29, 1.82) is 0 Å². The predicted molar refractivity (Wildman–Crippen MR) is 40.0 cm³/mol. The quantitative estimate of drug-likeness (QED) is 0.562. The van der Waals surface area contributed by atoms with Crippen molar-refractivity contribution >= 4 is 18.1 Å². The Morgan fingerprint density at radius 3 is 2.83 bits per heavy atom. The molecule has 1 rings (SSSR count). The minimum Gasteiger partial charge on any atom is -0.442 e. The average Bonchev–Trinajstić information content (AvgIpc) is 2.07. The Kier molecular flexibility index (Phi) is 6.75. The summed E-state index contributed by atoms with van der Waals surface area (Å²) in [5, 5.41) is 0. The fourth-order valence-corrected chi connectivity index (χ4v) is 0.800. The fraction of sp³-hybridized carbons (Fsp3) is 0.143. The molecule has 0 spiro atoms. The van der Waals surface area contributed by atoms with Crippen LogP contribution in [-0.4, -0.2) is 11.5 Å². The Morgan fingerprint density at radius 1 is 1.58 bits per heavy atom. The van der Waals surface area contributed by atoms with E-state index in [0.717, 1.165) is 0 Å². The maximum Gasteiger partial charge on any atom is 0.294 e. The molecule has 66 valence electrons. The molecule has 0 aliphatic heterocycles. The van der Waals surface area contributed by atoms with Crippen molar-refractivity contribution in [2.75, 3.05) is 0 Å². The van der Waals surface area contributed by atoms with E-state index in [2.05, 4.69) is 9.72 Å². The summed E-state index contributed by atoms with van der Waals surface area (Å²) in [5.74, 6) is 0. The number of aromatic nitrogens is 1. The Labute approximate surface area is 105 Å². The molecule has 0 bridgehead atoms. The molecule has 5 heteroatoms. The zero-order chi connectivity index (χ0) is 8.10. The molecule has 0 aliphatic rings. The van der Waals surface area contributed by atoms with Gasteiger partial charge in [0.2, 0.25) is 5.56 Å². The van der Waals surface area contributed by atoms with E-state index in [9.17, 15) is 4.79 Å². The first-order valence-electron chi connectivity index (χ1n) is 2.98. The summed E-state index contributed by atoms with van der Waals surface area (Å²) < 4.78 is 4.45. The molecular formula is C7H6ArClNO2. The Bertz CT molecular complexity index is 232. The predicted octanol–water partition coefficient (Wildman–Crippen LogP) is 1.49. The number of carbonyl (C=O) groups is 1. The van der Waals surface area contributed by atoms with Gasteiger partial charge in [0.25, 0.3) is 6.47 Å². The summed E-state index contributed by atoms with van der Waals surface area (Å²) in [7, 11) is 0. The second-order valence-electron chi connectivity index (χ2n) is 1.80. The minimum absolute atomic E-state index is 0. The molecule has 1 atom stereocenters. The van der Waals surface area contributed by atoms with Gasteiger partial charge in [0.15, 0.2) is 0 Å². The first kappa shape index (κ1) is 12.2. The van der Waals surface area contributed by atoms with E-state index in [1.165, 1.54) is 0 Å². The number of alkyl halides is 1. The van der Waals surface area contributed by atoms with Crippen molar-refractivity contribution in [3.63, 3.8) is 0 Å². The zero-order valence-corrected chi connectivity index (χ0v) is 7.42. The first-order chi connectivity index (χ1) is 5.34. The third kappa shape index (κ3) is 3.72. The molecule has 1 heterocycles. The van der Waals surface area contributed by atoms with Crippen LogP contribution in [0.25, 0.3) is 0 Å². The maximum absolute atomic E-state index is 9.85. The van der Waals surface area contributed by atoms with Gasteiger partial charge in [-0.05, 0) is 12.1 Å². The van der Waals surface area contributed by atoms with Gasteiger partial charge >= 0.3 is 0 Å². The minimum atomic E-state index is -0.784. The van der Waals surface area contributed by atoms with E-state index in [1.807, 2.05) is 0 Å². The molecule has 0 fully saturated rings. The van der Waals surface area contributed by atoms with Gasteiger partial charge in [-0.25, -0.2) is 0 Å². The normalized spacial score (nSPS) is 11.1.